The molecule has 0 bridgehead atoms. The second kappa shape index (κ2) is 4.07. The van der Waals surface area contributed by atoms with Gasteiger partial charge in [-0.05, 0) is 18.6 Å². The first-order valence-corrected chi connectivity index (χ1v) is 6.92. The van der Waals surface area contributed by atoms with Gasteiger partial charge in [0.05, 0.1) is 16.3 Å². The lowest BCUT2D eigenvalue weighted by molar-refractivity contribution is -0.111. The van der Waals surface area contributed by atoms with Crippen LogP contribution in [0.4, 0.5) is 5.13 Å². The molecule has 2 heterocycles. The summed E-state index contributed by atoms with van der Waals surface area (Å²) >= 11 is 3.01. The molecule has 1 aromatic heterocycles. The topological polar surface area (TPSA) is 42.0 Å². The van der Waals surface area contributed by atoms with Crippen LogP contribution in [0, 0.1) is 0 Å². The molecule has 0 spiro atoms. The highest BCUT2D eigenvalue weighted by Gasteiger charge is 2.25. The Kier molecular flexibility index (Phi) is 2.57. The Bertz CT molecular complexity index is 505. The molecule has 3 nitrogen and oxygen atoms in total. The number of rotatable bonds is 2. The van der Waals surface area contributed by atoms with E-state index in [1.54, 1.807) is 11.3 Å². The summed E-state index contributed by atoms with van der Waals surface area (Å²) in [6.07, 6.45) is 0.902. The van der Waals surface area contributed by atoms with Crippen LogP contribution < -0.4 is 5.32 Å². The Morgan fingerprint density at radius 1 is 1.38 bits per heavy atom. The number of hydrogen-bond acceptors (Lipinski definition) is 5. The van der Waals surface area contributed by atoms with Crippen molar-refractivity contribution in [2.24, 2.45) is 0 Å². The SMILES string of the molecule is O=C1SCCC1Nc1nc2ccccc2s1. The Hall–Kier alpha value is -1.07. The van der Waals surface area contributed by atoms with E-state index in [0.29, 0.717) is 0 Å². The van der Waals surface area contributed by atoms with Gasteiger partial charge in [-0.2, -0.15) is 0 Å². The summed E-state index contributed by atoms with van der Waals surface area (Å²) < 4.78 is 1.16. The smallest absolute Gasteiger partial charge is 0.211 e. The summed E-state index contributed by atoms with van der Waals surface area (Å²) in [5, 5.41) is 4.30. The summed E-state index contributed by atoms with van der Waals surface area (Å²) in [6.45, 7) is 0. The molecule has 0 aliphatic carbocycles. The summed E-state index contributed by atoms with van der Waals surface area (Å²) in [5.41, 5.74) is 0.994. The normalized spacial score (nSPS) is 20.5. The van der Waals surface area contributed by atoms with Crippen LogP contribution in [0.25, 0.3) is 10.2 Å². The number of fused-ring (bicyclic) bond motifs is 1. The number of carbonyl (C=O) groups excluding carboxylic acids is 1. The molecule has 1 atom stereocenters. The number of nitrogens with one attached hydrogen (secondary N) is 1. The van der Waals surface area contributed by atoms with E-state index in [1.165, 1.54) is 11.8 Å². The van der Waals surface area contributed by atoms with Crippen LogP contribution in [-0.4, -0.2) is 21.9 Å². The average Bonchev–Trinajstić information content (AvgIpc) is 2.85. The molecule has 3 rings (SSSR count). The Labute approximate surface area is 101 Å². The van der Waals surface area contributed by atoms with Crippen molar-refractivity contribution in [3.63, 3.8) is 0 Å². The Morgan fingerprint density at radius 3 is 3.00 bits per heavy atom. The van der Waals surface area contributed by atoms with E-state index in [4.69, 9.17) is 0 Å². The van der Waals surface area contributed by atoms with E-state index in [2.05, 4.69) is 10.3 Å². The van der Waals surface area contributed by atoms with Gasteiger partial charge >= 0.3 is 0 Å². The first-order chi connectivity index (χ1) is 7.83. The van der Waals surface area contributed by atoms with Crippen LogP contribution in [0.5, 0.6) is 0 Å². The maximum atomic E-state index is 11.5. The minimum atomic E-state index is -0.0504. The van der Waals surface area contributed by atoms with Gasteiger partial charge in [0.25, 0.3) is 0 Å². The largest absolute Gasteiger partial charge is 0.351 e. The molecule has 1 aliphatic rings. The van der Waals surface area contributed by atoms with Gasteiger partial charge in [-0.3, -0.25) is 4.79 Å². The fraction of sp³-hybridized carbons (Fsp3) is 0.273. The van der Waals surface area contributed by atoms with Crippen molar-refractivity contribution in [3.05, 3.63) is 24.3 Å². The zero-order valence-electron chi connectivity index (χ0n) is 8.47. The second-order valence-corrected chi connectivity index (χ2v) is 5.77. The standard InChI is InChI=1S/C11H10N2OS2/c14-10-8(5-6-15-10)13-11-12-7-3-1-2-4-9(7)16-11/h1-4,8H,5-6H2,(H,12,13). The van der Waals surface area contributed by atoms with Crippen molar-refractivity contribution in [3.8, 4) is 0 Å². The van der Waals surface area contributed by atoms with Gasteiger partial charge in [0.1, 0.15) is 0 Å². The van der Waals surface area contributed by atoms with E-state index >= 15 is 0 Å². The van der Waals surface area contributed by atoms with Gasteiger partial charge < -0.3 is 5.32 Å². The molecule has 1 aromatic carbocycles. The molecule has 0 saturated carbocycles. The molecule has 5 heteroatoms. The number of thiazole rings is 1. The lowest BCUT2D eigenvalue weighted by Crippen LogP contribution is -2.22. The Morgan fingerprint density at radius 2 is 2.25 bits per heavy atom. The van der Waals surface area contributed by atoms with Gasteiger partial charge in [0.15, 0.2) is 5.13 Å². The lowest BCUT2D eigenvalue weighted by atomic mass is 10.3. The Balaban J connectivity index is 1.86. The quantitative estimate of drug-likeness (QED) is 0.890. The maximum absolute atomic E-state index is 11.5. The van der Waals surface area contributed by atoms with Crippen LogP contribution in [0.1, 0.15) is 6.42 Å². The molecule has 1 aliphatic heterocycles. The van der Waals surface area contributed by atoms with Gasteiger partial charge in [-0.25, -0.2) is 4.98 Å². The summed E-state index contributed by atoms with van der Waals surface area (Å²) in [7, 11) is 0. The minimum absolute atomic E-state index is 0.0504. The van der Waals surface area contributed by atoms with Crippen molar-refractivity contribution in [2.45, 2.75) is 12.5 Å². The third-order valence-electron chi connectivity index (χ3n) is 2.53. The van der Waals surface area contributed by atoms with E-state index in [-0.39, 0.29) is 11.2 Å². The van der Waals surface area contributed by atoms with Gasteiger partial charge in [0, 0.05) is 5.75 Å². The molecule has 0 amide bonds. The molecule has 82 valence electrons. The molecule has 1 saturated heterocycles. The lowest BCUT2D eigenvalue weighted by Gasteiger charge is -2.06. The number of anilines is 1. The monoisotopic (exact) mass is 250 g/mol. The third-order valence-corrected chi connectivity index (χ3v) is 4.50. The van der Waals surface area contributed by atoms with Gasteiger partial charge in [0.2, 0.25) is 5.12 Å². The number of aromatic nitrogens is 1. The minimum Gasteiger partial charge on any atom is -0.351 e. The van der Waals surface area contributed by atoms with E-state index in [1.807, 2.05) is 24.3 Å². The van der Waals surface area contributed by atoms with E-state index < -0.39 is 0 Å². The van der Waals surface area contributed by atoms with E-state index in [9.17, 15) is 4.79 Å². The molecular formula is C11H10N2OS2. The maximum Gasteiger partial charge on any atom is 0.211 e. The third kappa shape index (κ3) is 1.81. The molecule has 2 aromatic rings. The van der Waals surface area contributed by atoms with Crippen LogP contribution >= 0.6 is 23.1 Å². The molecule has 1 N–H and O–H groups in total. The highest BCUT2D eigenvalue weighted by atomic mass is 32.2. The molecular weight excluding hydrogens is 240 g/mol. The highest BCUT2D eigenvalue weighted by Crippen LogP contribution is 2.29. The number of benzene rings is 1. The summed E-state index contributed by atoms with van der Waals surface area (Å²) in [4.78, 5) is 15.9. The van der Waals surface area contributed by atoms with Crippen LogP contribution in [0.15, 0.2) is 24.3 Å². The first kappa shape index (κ1) is 10.1. The molecule has 0 radical (unpaired) electrons. The molecule has 1 unspecified atom stereocenters. The number of para-hydroxylation sites is 1. The number of hydrogen-bond donors (Lipinski definition) is 1. The van der Waals surface area contributed by atoms with Crippen molar-refractivity contribution in [1.82, 2.24) is 4.98 Å². The van der Waals surface area contributed by atoms with Crippen LogP contribution in [0.3, 0.4) is 0 Å². The average molecular weight is 250 g/mol. The van der Waals surface area contributed by atoms with Crippen molar-refractivity contribution >= 4 is 43.6 Å². The van der Waals surface area contributed by atoms with Gasteiger partial charge in [-0.1, -0.05) is 35.2 Å². The number of nitrogens with zero attached hydrogens (tertiary/aromatic N) is 1. The molecule has 1 fully saturated rings. The van der Waals surface area contributed by atoms with E-state index in [0.717, 1.165) is 27.5 Å². The zero-order valence-corrected chi connectivity index (χ0v) is 10.1. The molecule has 16 heavy (non-hydrogen) atoms. The zero-order chi connectivity index (χ0) is 11.0. The number of carbonyl (C=O) groups is 1. The predicted molar refractivity (Wildman–Crippen MR) is 69.1 cm³/mol. The second-order valence-electron chi connectivity index (χ2n) is 3.64. The summed E-state index contributed by atoms with van der Waals surface area (Å²) in [5.74, 6) is 0.918. The number of thioether (sulfide) groups is 1. The fourth-order valence-electron chi connectivity index (χ4n) is 1.71. The van der Waals surface area contributed by atoms with Crippen molar-refractivity contribution in [2.75, 3.05) is 11.1 Å². The fourth-order valence-corrected chi connectivity index (χ4v) is 3.56. The predicted octanol–water partition coefficient (Wildman–Crippen LogP) is 2.74. The van der Waals surface area contributed by atoms with Crippen LogP contribution in [0.2, 0.25) is 0 Å². The van der Waals surface area contributed by atoms with Crippen molar-refractivity contribution in [1.29, 1.82) is 0 Å². The van der Waals surface area contributed by atoms with Gasteiger partial charge in [-0.15, -0.1) is 0 Å². The van der Waals surface area contributed by atoms with Crippen LogP contribution in [-0.2, 0) is 4.79 Å². The summed E-state index contributed by atoms with van der Waals surface area (Å²) in [6, 6.07) is 7.96. The highest BCUT2D eigenvalue weighted by molar-refractivity contribution is 8.14. The van der Waals surface area contributed by atoms with Crippen molar-refractivity contribution < 1.29 is 4.79 Å². The first-order valence-electron chi connectivity index (χ1n) is 5.12.